The van der Waals surface area contributed by atoms with Crippen LogP contribution in [0, 0.1) is 12.8 Å². The van der Waals surface area contributed by atoms with E-state index in [1.165, 1.54) is 28.0 Å². The summed E-state index contributed by atoms with van der Waals surface area (Å²) in [5.41, 5.74) is 1.92. The molecule has 2 aliphatic rings. The maximum Gasteiger partial charge on any atom is 0.341 e. The molecule has 0 radical (unpaired) electrons. The number of nitrogens with one attached hydrogen (secondary N) is 1. The molecule has 0 bridgehead atoms. The number of hydrogen-bond acceptors (Lipinski definition) is 8. The fourth-order valence-corrected chi connectivity index (χ4v) is 7.29. The second-order valence-corrected chi connectivity index (χ2v) is 12.9. The number of anilines is 1. The summed E-state index contributed by atoms with van der Waals surface area (Å²) in [6, 6.07) is 3.99. The number of nitrogens with zero attached hydrogens (tertiary/aromatic N) is 2. The molecule has 0 saturated heterocycles. The molecule has 1 N–H and O–H groups in total. The van der Waals surface area contributed by atoms with E-state index < -0.39 is 0 Å². The summed E-state index contributed by atoms with van der Waals surface area (Å²) >= 11 is 4.33. The van der Waals surface area contributed by atoms with E-state index in [1.807, 2.05) is 39.0 Å². The second-order valence-electron chi connectivity index (χ2n) is 9.51. The minimum Gasteiger partial charge on any atom is -0.462 e. The Kier molecular flexibility index (Phi) is 9.26. The first kappa shape index (κ1) is 27.6. The number of ether oxygens (including phenoxy) is 1. The van der Waals surface area contributed by atoms with Crippen LogP contribution in [-0.2, 0) is 27.2 Å². The van der Waals surface area contributed by atoms with Crippen LogP contribution in [0.5, 0.6) is 0 Å². The Morgan fingerprint density at radius 2 is 2.00 bits per heavy atom. The molecule has 1 aliphatic carbocycles. The lowest BCUT2D eigenvalue weighted by atomic mass is 10.1. The normalized spacial score (nSPS) is 16.7. The Balaban J connectivity index is 1.50. The van der Waals surface area contributed by atoms with Crippen molar-refractivity contribution < 1.29 is 19.1 Å². The summed E-state index contributed by atoms with van der Waals surface area (Å²) in [6.07, 6.45) is 6.80. The number of thiophene rings is 2. The molecule has 0 fully saturated rings. The molecule has 1 aliphatic heterocycles. The first-order chi connectivity index (χ1) is 17.8. The number of carbonyl (C=O) groups excluding carboxylic acids is 3. The van der Waals surface area contributed by atoms with Crippen LogP contribution >= 0.6 is 34.4 Å². The van der Waals surface area contributed by atoms with Crippen molar-refractivity contribution in [1.82, 2.24) is 4.90 Å². The molecule has 0 atom stereocenters. The van der Waals surface area contributed by atoms with E-state index in [0.29, 0.717) is 28.0 Å². The zero-order valence-corrected chi connectivity index (χ0v) is 24.2. The Bertz CT molecular complexity index is 1240. The highest BCUT2D eigenvalue weighted by Crippen LogP contribution is 2.38. The lowest BCUT2D eigenvalue weighted by molar-refractivity contribution is -0.123. The first-order valence-corrected chi connectivity index (χ1v) is 15.3. The van der Waals surface area contributed by atoms with E-state index in [9.17, 15) is 14.4 Å². The molecule has 10 heteroatoms. The highest BCUT2D eigenvalue weighted by atomic mass is 32.2. The van der Waals surface area contributed by atoms with E-state index in [0.717, 1.165) is 47.4 Å². The number of hydrogen-bond donors (Lipinski definition) is 1. The summed E-state index contributed by atoms with van der Waals surface area (Å²) in [5.74, 6) is -0.429. The third kappa shape index (κ3) is 6.72. The Hall–Kier alpha value is -2.43. The highest BCUT2D eigenvalue weighted by Gasteiger charge is 2.32. The largest absolute Gasteiger partial charge is 0.462 e. The third-order valence-electron chi connectivity index (χ3n) is 5.99. The van der Waals surface area contributed by atoms with E-state index in [2.05, 4.69) is 10.3 Å². The quantitative estimate of drug-likeness (QED) is 0.239. The lowest BCUT2D eigenvalue weighted by Gasteiger charge is -2.19. The molecule has 7 nitrogen and oxygen atoms in total. The topological polar surface area (TPSA) is 88.1 Å². The predicted molar refractivity (Wildman–Crippen MR) is 154 cm³/mol. The van der Waals surface area contributed by atoms with Crippen molar-refractivity contribution in [2.45, 2.75) is 59.8 Å². The molecular formula is C27H33N3O4S3. The average molecular weight is 560 g/mol. The van der Waals surface area contributed by atoms with Crippen molar-refractivity contribution >= 4 is 68.5 Å². The molecule has 4 rings (SSSR count). The van der Waals surface area contributed by atoms with Gasteiger partial charge < -0.3 is 10.1 Å². The minimum atomic E-state index is -0.377. The van der Waals surface area contributed by atoms with Crippen LogP contribution in [0.25, 0.3) is 6.08 Å². The van der Waals surface area contributed by atoms with Gasteiger partial charge in [-0.15, -0.1) is 22.7 Å². The molecule has 2 aromatic heterocycles. The number of esters is 1. The lowest BCUT2D eigenvalue weighted by Crippen LogP contribution is -2.34. The van der Waals surface area contributed by atoms with E-state index in [4.69, 9.17) is 4.74 Å². The van der Waals surface area contributed by atoms with Gasteiger partial charge in [0.15, 0.2) is 5.17 Å². The zero-order chi connectivity index (χ0) is 26.5. The Morgan fingerprint density at radius 3 is 2.70 bits per heavy atom. The number of carbonyl (C=O) groups is 3. The Morgan fingerprint density at radius 1 is 1.22 bits per heavy atom. The van der Waals surface area contributed by atoms with Gasteiger partial charge in [-0.05, 0) is 69.2 Å². The summed E-state index contributed by atoms with van der Waals surface area (Å²) < 4.78 is 5.32. The van der Waals surface area contributed by atoms with Gasteiger partial charge in [-0.1, -0.05) is 32.0 Å². The van der Waals surface area contributed by atoms with E-state index in [1.54, 1.807) is 23.2 Å². The Labute approximate surface area is 230 Å². The van der Waals surface area contributed by atoms with Crippen molar-refractivity contribution in [2.24, 2.45) is 10.9 Å². The zero-order valence-electron chi connectivity index (χ0n) is 21.7. The van der Waals surface area contributed by atoms with Crippen LogP contribution in [0.1, 0.15) is 70.6 Å². The van der Waals surface area contributed by atoms with Gasteiger partial charge in [0, 0.05) is 21.2 Å². The molecule has 2 amide bonds. The number of amides is 2. The van der Waals surface area contributed by atoms with Gasteiger partial charge >= 0.3 is 5.97 Å². The van der Waals surface area contributed by atoms with Gasteiger partial charge in [0.25, 0.3) is 5.91 Å². The molecular weight excluding hydrogens is 527 g/mol. The van der Waals surface area contributed by atoms with E-state index in [-0.39, 0.29) is 36.1 Å². The maximum atomic E-state index is 13.1. The van der Waals surface area contributed by atoms with Crippen molar-refractivity contribution in [3.63, 3.8) is 0 Å². The molecule has 0 unspecified atom stereocenters. The second kappa shape index (κ2) is 12.4. The van der Waals surface area contributed by atoms with Gasteiger partial charge in [-0.3, -0.25) is 14.5 Å². The fraction of sp³-hybridized carbons (Fsp3) is 0.481. The summed E-state index contributed by atoms with van der Waals surface area (Å²) in [5, 5.41) is 4.05. The average Bonchev–Trinajstić information content (AvgIpc) is 3.43. The minimum absolute atomic E-state index is 0.0803. The molecule has 0 aromatic carbocycles. The summed E-state index contributed by atoms with van der Waals surface area (Å²) in [4.78, 5) is 48.5. The number of aryl methyl sites for hydroxylation is 2. The van der Waals surface area contributed by atoms with Gasteiger partial charge in [-0.25, -0.2) is 9.79 Å². The predicted octanol–water partition coefficient (Wildman–Crippen LogP) is 6.13. The molecule has 37 heavy (non-hydrogen) atoms. The SMILES string of the molecule is CCOC(=O)c1c(NC(=O)CSC2=NC(=Cc3ccc(C)s3)C(=O)N2CC(C)C)sc2c1CCCCC2. The summed E-state index contributed by atoms with van der Waals surface area (Å²) in [7, 11) is 0. The monoisotopic (exact) mass is 559 g/mol. The number of amidine groups is 1. The molecule has 2 aromatic rings. The molecule has 198 valence electrons. The van der Waals surface area contributed by atoms with E-state index >= 15 is 0 Å². The number of fused-ring (bicyclic) bond motifs is 1. The summed E-state index contributed by atoms with van der Waals surface area (Å²) in [6.45, 7) is 8.71. The third-order valence-corrected chi connectivity index (χ3v) is 9.12. The number of thioether (sulfide) groups is 1. The van der Waals surface area contributed by atoms with Crippen molar-refractivity contribution in [3.8, 4) is 0 Å². The first-order valence-electron chi connectivity index (χ1n) is 12.7. The van der Waals surface area contributed by atoms with Gasteiger partial charge in [-0.2, -0.15) is 0 Å². The molecule has 0 spiro atoms. The van der Waals surface area contributed by atoms with Crippen LogP contribution in [0.4, 0.5) is 5.00 Å². The van der Waals surface area contributed by atoms with Crippen molar-refractivity contribution in [2.75, 3.05) is 24.2 Å². The van der Waals surface area contributed by atoms with Crippen molar-refractivity contribution in [1.29, 1.82) is 0 Å². The van der Waals surface area contributed by atoms with Crippen LogP contribution in [-0.4, -0.2) is 46.8 Å². The van der Waals surface area contributed by atoms with Crippen LogP contribution in [0.15, 0.2) is 22.8 Å². The number of aliphatic imine (C=N–C) groups is 1. The van der Waals surface area contributed by atoms with Crippen LogP contribution in [0.2, 0.25) is 0 Å². The maximum absolute atomic E-state index is 13.1. The fourth-order valence-electron chi connectivity index (χ4n) is 4.38. The number of rotatable bonds is 8. The van der Waals surface area contributed by atoms with Gasteiger partial charge in [0.2, 0.25) is 5.91 Å². The molecule has 3 heterocycles. The van der Waals surface area contributed by atoms with Gasteiger partial charge in [0.1, 0.15) is 10.7 Å². The van der Waals surface area contributed by atoms with Crippen molar-refractivity contribution in [3.05, 3.63) is 43.6 Å². The van der Waals surface area contributed by atoms with Gasteiger partial charge in [0.05, 0.1) is 17.9 Å². The standard InChI is InChI=1S/C27H33N3O4S3/c1-5-34-26(33)23-19-9-7-6-8-10-21(19)37-24(23)29-22(31)15-35-27-28-20(13-18-12-11-17(4)36-18)25(32)30(27)14-16(2)3/h11-13,16H,5-10,14-15H2,1-4H3,(H,29,31). The van der Waals surface area contributed by atoms with Crippen LogP contribution in [0.3, 0.4) is 0 Å². The molecule has 0 saturated carbocycles. The highest BCUT2D eigenvalue weighted by molar-refractivity contribution is 8.14. The van der Waals surface area contributed by atoms with Crippen LogP contribution < -0.4 is 5.32 Å². The smallest absolute Gasteiger partial charge is 0.341 e.